The highest BCUT2D eigenvalue weighted by Gasteiger charge is 2.37. The van der Waals surface area contributed by atoms with E-state index in [9.17, 15) is 19.2 Å². The number of methoxy groups -OCH3 is 2. The Morgan fingerprint density at radius 2 is 1.88 bits per heavy atom. The van der Waals surface area contributed by atoms with Crippen LogP contribution in [0.15, 0.2) is 21.5 Å². The number of amides is 3. The molecule has 0 N–H and O–H groups in total. The molecule has 0 bridgehead atoms. The molecule has 9 nitrogen and oxygen atoms in total. The zero-order chi connectivity index (χ0) is 23.3. The maximum Gasteiger partial charge on any atom is 0.343 e. The molecule has 2 aliphatic rings. The van der Waals surface area contributed by atoms with Gasteiger partial charge in [0, 0.05) is 13.1 Å². The van der Waals surface area contributed by atoms with Crippen LogP contribution in [0.25, 0.3) is 6.08 Å². The third kappa shape index (κ3) is 5.63. The Bertz CT molecular complexity index is 960. The lowest BCUT2D eigenvalue weighted by atomic mass is 10.1. The van der Waals surface area contributed by atoms with Gasteiger partial charge in [0.15, 0.2) is 18.1 Å². The lowest BCUT2D eigenvalue weighted by molar-refractivity contribution is -0.143. The molecule has 0 aliphatic carbocycles. The molecule has 0 unspecified atom stereocenters. The zero-order valence-electron chi connectivity index (χ0n) is 17.7. The maximum atomic E-state index is 12.8. The van der Waals surface area contributed by atoms with Crippen molar-refractivity contribution in [1.82, 2.24) is 9.80 Å². The van der Waals surface area contributed by atoms with Crippen molar-refractivity contribution in [3.63, 3.8) is 0 Å². The Balaban J connectivity index is 1.75. The van der Waals surface area contributed by atoms with Crippen molar-refractivity contribution in [3.05, 3.63) is 27.1 Å². The fourth-order valence-corrected chi connectivity index (χ4v) is 4.73. The first-order valence-electron chi connectivity index (χ1n) is 9.94. The summed E-state index contributed by atoms with van der Waals surface area (Å²) in [6.07, 6.45) is 4.50. The topological polar surface area (TPSA) is 102 Å². The largest absolute Gasteiger partial charge is 0.493 e. The number of likely N-dealkylation sites (tertiary alicyclic amines) is 1. The van der Waals surface area contributed by atoms with E-state index in [2.05, 4.69) is 20.7 Å². The summed E-state index contributed by atoms with van der Waals surface area (Å²) in [5, 5.41) is -0.476. The van der Waals surface area contributed by atoms with E-state index >= 15 is 0 Å². The van der Waals surface area contributed by atoms with Crippen LogP contribution in [0.1, 0.15) is 24.8 Å². The van der Waals surface area contributed by atoms with Crippen molar-refractivity contribution in [3.8, 4) is 11.5 Å². The highest BCUT2D eigenvalue weighted by atomic mass is 79.9. The molecule has 0 saturated carbocycles. The summed E-state index contributed by atoms with van der Waals surface area (Å²) in [4.78, 5) is 51.9. The predicted octanol–water partition coefficient (Wildman–Crippen LogP) is 3.06. The van der Waals surface area contributed by atoms with Crippen LogP contribution in [-0.2, 0) is 19.1 Å². The van der Waals surface area contributed by atoms with Gasteiger partial charge in [-0.25, -0.2) is 4.79 Å². The van der Waals surface area contributed by atoms with E-state index in [4.69, 9.17) is 9.47 Å². The lowest BCUT2D eigenvalue weighted by Gasteiger charge is -2.27. The Morgan fingerprint density at radius 3 is 2.53 bits per heavy atom. The molecule has 32 heavy (non-hydrogen) atoms. The molecule has 2 aliphatic heterocycles. The number of thioether (sulfide) groups is 1. The predicted molar refractivity (Wildman–Crippen MR) is 121 cm³/mol. The van der Waals surface area contributed by atoms with Crippen LogP contribution >= 0.6 is 27.7 Å². The van der Waals surface area contributed by atoms with Gasteiger partial charge in [-0.15, -0.1) is 0 Å². The summed E-state index contributed by atoms with van der Waals surface area (Å²) in [6.45, 7) is 0.760. The minimum absolute atomic E-state index is 0.207. The maximum absolute atomic E-state index is 12.8. The standard InChI is InChI=1S/C21H23BrN2O7S/c1-29-15-9-13(8-14(22)19(15)31-12-18(26)30-2)10-16-20(27)24(21(28)32-16)11-17(25)23-6-4-3-5-7-23/h8-10H,3-7,11-12H2,1-2H3/b16-10-. The van der Waals surface area contributed by atoms with E-state index in [0.29, 0.717) is 34.6 Å². The number of hydrogen-bond donors (Lipinski definition) is 0. The van der Waals surface area contributed by atoms with Crippen LogP contribution in [0.3, 0.4) is 0 Å². The summed E-state index contributed by atoms with van der Waals surface area (Å²) in [5.74, 6) is -0.642. The Morgan fingerprint density at radius 1 is 1.16 bits per heavy atom. The summed E-state index contributed by atoms with van der Waals surface area (Å²) in [5.41, 5.74) is 0.576. The fourth-order valence-electron chi connectivity index (χ4n) is 3.32. The lowest BCUT2D eigenvalue weighted by Crippen LogP contribution is -2.44. The monoisotopic (exact) mass is 526 g/mol. The number of rotatable bonds is 7. The molecular weight excluding hydrogens is 504 g/mol. The molecule has 1 aromatic rings. The van der Waals surface area contributed by atoms with Crippen LogP contribution in [-0.4, -0.2) is 73.3 Å². The number of piperidine rings is 1. The number of halogens is 1. The molecule has 3 rings (SSSR count). The Kier molecular flexibility index (Phi) is 8.19. The molecular formula is C21H23BrN2O7S. The molecule has 2 saturated heterocycles. The van der Waals surface area contributed by atoms with E-state index in [-0.39, 0.29) is 24.0 Å². The van der Waals surface area contributed by atoms with Crippen molar-refractivity contribution in [2.75, 3.05) is 40.5 Å². The third-order valence-electron chi connectivity index (χ3n) is 4.99. The second kappa shape index (κ2) is 10.9. The van der Waals surface area contributed by atoms with E-state index in [0.717, 1.165) is 35.9 Å². The normalized spacial score (nSPS) is 17.7. The first kappa shape index (κ1) is 24.1. The van der Waals surface area contributed by atoms with Crippen LogP contribution in [0, 0.1) is 0 Å². The molecule has 2 fully saturated rings. The third-order valence-corrected chi connectivity index (χ3v) is 6.48. The van der Waals surface area contributed by atoms with Gasteiger partial charge in [0.1, 0.15) is 6.54 Å². The molecule has 0 spiro atoms. The first-order chi connectivity index (χ1) is 15.3. The van der Waals surface area contributed by atoms with Gasteiger partial charge in [-0.05, 0) is 70.7 Å². The Hall–Kier alpha value is -2.53. The van der Waals surface area contributed by atoms with Crippen molar-refractivity contribution >= 4 is 56.8 Å². The van der Waals surface area contributed by atoms with Crippen LogP contribution in [0.2, 0.25) is 0 Å². The number of carbonyl (C=O) groups is 4. The average molecular weight is 527 g/mol. The molecule has 2 heterocycles. The van der Waals surface area contributed by atoms with Gasteiger partial charge in [0.05, 0.1) is 23.6 Å². The molecule has 0 aromatic heterocycles. The van der Waals surface area contributed by atoms with E-state index in [1.54, 1.807) is 23.1 Å². The summed E-state index contributed by atoms with van der Waals surface area (Å²) in [6, 6.07) is 3.28. The van der Waals surface area contributed by atoms with Crippen LogP contribution in [0.5, 0.6) is 11.5 Å². The quantitative estimate of drug-likeness (QED) is 0.394. The fraction of sp³-hybridized carbons (Fsp3) is 0.429. The van der Waals surface area contributed by atoms with Crippen LogP contribution in [0.4, 0.5) is 4.79 Å². The second-order valence-electron chi connectivity index (χ2n) is 7.11. The van der Waals surface area contributed by atoms with Gasteiger partial charge in [-0.1, -0.05) is 0 Å². The summed E-state index contributed by atoms with van der Waals surface area (Å²) >= 11 is 4.16. The van der Waals surface area contributed by atoms with Gasteiger partial charge in [-0.3, -0.25) is 19.3 Å². The number of benzene rings is 1. The smallest absolute Gasteiger partial charge is 0.343 e. The molecule has 0 atom stereocenters. The highest BCUT2D eigenvalue weighted by Crippen LogP contribution is 2.39. The zero-order valence-corrected chi connectivity index (χ0v) is 20.1. The highest BCUT2D eigenvalue weighted by molar-refractivity contribution is 9.10. The molecule has 3 amide bonds. The molecule has 172 valence electrons. The minimum Gasteiger partial charge on any atom is -0.493 e. The van der Waals surface area contributed by atoms with Crippen molar-refractivity contribution < 1.29 is 33.4 Å². The van der Waals surface area contributed by atoms with Gasteiger partial charge in [-0.2, -0.15) is 0 Å². The SMILES string of the molecule is COC(=O)COc1c(Br)cc(/C=C2\SC(=O)N(CC(=O)N3CCCCC3)C2=O)cc1OC. The van der Waals surface area contributed by atoms with E-state index in [1.807, 2.05) is 0 Å². The molecule has 1 aromatic carbocycles. The van der Waals surface area contributed by atoms with Gasteiger partial charge < -0.3 is 19.1 Å². The average Bonchev–Trinajstić information content (AvgIpc) is 3.05. The number of esters is 1. The number of nitrogens with zero attached hydrogens (tertiary/aromatic N) is 2. The summed E-state index contributed by atoms with van der Waals surface area (Å²) in [7, 11) is 2.70. The van der Waals surface area contributed by atoms with Crippen molar-refractivity contribution in [1.29, 1.82) is 0 Å². The number of hydrogen-bond acceptors (Lipinski definition) is 8. The van der Waals surface area contributed by atoms with Gasteiger partial charge in [0.25, 0.3) is 11.1 Å². The Labute approximate surface area is 198 Å². The number of imide groups is 1. The molecule has 11 heteroatoms. The first-order valence-corrected chi connectivity index (χ1v) is 11.5. The number of carbonyl (C=O) groups excluding carboxylic acids is 4. The van der Waals surface area contributed by atoms with Crippen LogP contribution < -0.4 is 9.47 Å². The van der Waals surface area contributed by atoms with Crippen molar-refractivity contribution in [2.24, 2.45) is 0 Å². The van der Waals surface area contributed by atoms with E-state index in [1.165, 1.54) is 14.2 Å². The molecule has 0 radical (unpaired) electrons. The van der Waals surface area contributed by atoms with Gasteiger partial charge in [0.2, 0.25) is 5.91 Å². The minimum atomic E-state index is -0.546. The van der Waals surface area contributed by atoms with Gasteiger partial charge >= 0.3 is 5.97 Å². The summed E-state index contributed by atoms with van der Waals surface area (Å²) < 4.78 is 15.8. The second-order valence-corrected chi connectivity index (χ2v) is 8.96. The number of ether oxygens (including phenoxy) is 3. The van der Waals surface area contributed by atoms with Crippen molar-refractivity contribution in [2.45, 2.75) is 19.3 Å². The van der Waals surface area contributed by atoms with E-state index < -0.39 is 17.1 Å².